The fourth-order valence-electron chi connectivity index (χ4n) is 3.74. The number of pyridine rings is 2. The number of halogens is 4. The Kier molecular flexibility index (Phi) is 6.30. The number of ketones is 1. The molecule has 37 heavy (non-hydrogen) atoms. The summed E-state index contributed by atoms with van der Waals surface area (Å²) >= 11 is 0. The molecule has 0 radical (unpaired) electrons. The van der Waals surface area contributed by atoms with E-state index in [4.69, 9.17) is 0 Å². The first-order chi connectivity index (χ1) is 17.7. The van der Waals surface area contributed by atoms with Gasteiger partial charge in [0.15, 0.2) is 16.8 Å². The molecule has 2 aromatic carbocycles. The standard InChI is InChI=1S/C26H16F4N4O2S/c1-13-2-3-14(10-31-13)15-8-17-18(12-33-26(17)32-11-15)25(35)23-20(29)6-7-21(24(23)30)34-37(36)22-9-16(27)4-5-19(22)28/h2-12,34H,1H3,(H,32,33). The van der Waals surface area contributed by atoms with Crippen LogP contribution in [0.3, 0.4) is 0 Å². The average molecular weight is 524 g/mol. The van der Waals surface area contributed by atoms with Crippen molar-refractivity contribution < 1.29 is 26.6 Å². The molecular formula is C26H16F4N4O2S. The Hall–Kier alpha value is -4.38. The zero-order valence-electron chi connectivity index (χ0n) is 19.0. The maximum absolute atomic E-state index is 15.4. The van der Waals surface area contributed by atoms with Gasteiger partial charge in [-0.05, 0) is 49.4 Å². The van der Waals surface area contributed by atoms with Crippen molar-refractivity contribution >= 4 is 33.5 Å². The van der Waals surface area contributed by atoms with Crippen LogP contribution in [-0.4, -0.2) is 24.9 Å². The minimum absolute atomic E-state index is 0.0448. The van der Waals surface area contributed by atoms with E-state index in [-0.39, 0.29) is 5.56 Å². The maximum atomic E-state index is 15.4. The summed E-state index contributed by atoms with van der Waals surface area (Å²) in [5.41, 5.74) is 1.02. The van der Waals surface area contributed by atoms with Gasteiger partial charge < -0.3 is 4.98 Å². The van der Waals surface area contributed by atoms with Crippen LogP contribution in [0.5, 0.6) is 0 Å². The summed E-state index contributed by atoms with van der Waals surface area (Å²) in [6, 6.07) is 9.31. The number of nitrogens with one attached hydrogen (secondary N) is 2. The number of aromatic nitrogens is 3. The summed E-state index contributed by atoms with van der Waals surface area (Å²) in [5, 5.41) is 0.325. The molecule has 0 aliphatic carbocycles. The van der Waals surface area contributed by atoms with Crippen LogP contribution in [0.2, 0.25) is 0 Å². The molecule has 186 valence electrons. The number of carbonyl (C=O) groups is 1. The van der Waals surface area contributed by atoms with E-state index >= 15 is 4.39 Å². The zero-order chi connectivity index (χ0) is 26.3. The SMILES string of the molecule is Cc1ccc(-c2cnc3[nH]cc(C(=O)c4c(F)ccc(NS(=O)c5cc(F)ccc5F)c4F)c3c2)cn1. The predicted molar refractivity (Wildman–Crippen MR) is 130 cm³/mol. The van der Waals surface area contributed by atoms with Gasteiger partial charge in [-0.25, -0.2) is 26.8 Å². The van der Waals surface area contributed by atoms with Gasteiger partial charge in [-0.2, -0.15) is 0 Å². The van der Waals surface area contributed by atoms with Crippen molar-refractivity contribution in [2.45, 2.75) is 11.8 Å². The van der Waals surface area contributed by atoms with E-state index in [1.807, 2.05) is 19.1 Å². The van der Waals surface area contributed by atoms with Gasteiger partial charge in [-0.1, -0.05) is 6.07 Å². The summed E-state index contributed by atoms with van der Waals surface area (Å²) in [6.07, 6.45) is 4.50. The summed E-state index contributed by atoms with van der Waals surface area (Å²) in [5.74, 6) is -5.32. The average Bonchev–Trinajstić information content (AvgIpc) is 3.31. The highest BCUT2D eigenvalue weighted by Gasteiger charge is 2.25. The Morgan fingerprint density at radius 2 is 1.68 bits per heavy atom. The van der Waals surface area contributed by atoms with Crippen LogP contribution < -0.4 is 4.72 Å². The molecule has 2 N–H and O–H groups in total. The first-order valence-electron chi connectivity index (χ1n) is 10.8. The predicted octanol–water partition coefficient (Wildman–Crippen LogP) is 5.86. The van der Waals surface area contributed by atoms with Gasteiger partial charge in [0.2, 0.25) is 5.78 Å². The number of benzene rings is 2. The van der Waals surface area contributed by atoms with Gasteiger partial charge in [-0.3, -0.25) is 14.5 Å². The van der Waals surface area contributed by atoms with Crippen LogP contribution in [-0.2, 0) is 11.0 Å². The van der Waals surface area contributed by atoms with Gasteiger partial charge in [-0.15, -0.1) is 0 Å². The lowest BCUT2D eigenvalue weighted by Gasteiger charge is -2.11. The topological polar surface area (TPSA) is 87.7 Å². The number of nitrogens with zero attached hydrogens (tertiary/aromatic N) is 2. The number of hydrogen-bond donors (Lipinski definition) is 2. The lowest BCUT2D eigenvalue weighted by molar-refractivity contribution is 0.103. The molecule has 6 nitrogen and oxygen atoms in total. The largest absolute Gasteiger partial charge is 0.345 e. The number of carbonyl (C=O) groups excluding carboxylic acids is 1. The Morgan fingerprint density at radius 3 is 2.43 bits per heavy atom. The molecule has 0 saturated heterocycles. The van der Waals surface area contributed by atoms with Gasteiger partial charge in [0.1, 0.15) is 23.1 Å². The second kappa shape index (κ2) is 9.58. The number of aromatic amines is 1. The fraction of sp³-hybridized carbons (Fsp3) is 0.0385. The molecule has 3 heterocycles. The molecule has 3 aromatic heterocycles. The van der Waals surface area contributed by atoms with Crippen molar-refractivity contribution in [2.24, 2.45) is 0 Å². The third-order valence-corrected chi connectivity index (χ3v) is 6.75. The van der Waals surface area contributed by atoms with Gasteiger partial charge in [0.25, 0.3) is 0 Å². The molecule has 1 unspecified atom stereocenters. The molecular weight excluding hydrogens is 508 g/mol. The van der Waals surface area contributed by atoms with Gasteiger partial charge in [0.05, 0.1) is 16.1 Å². The van der Waals surface area contributed by atoms with Crippen LogP contribution in [0.25, 0.3) is 22.2 Å². The van der Waals surface area contributed by atoms with E-state index < -0.39 is 56.2 Å². The lowest BCUT2D eigenvalue weighted by atomic mass is 10.00. The van der Waals surface area contributed by atoms with Crippen molar-refractivity contribution in [3.63, 3.8) is 0 Å². The third kappa shape index (κ3) is 4.60. The van der Waals surface area contributed by atoms with E-state index in [1.54, 1.807) is 18.5 Å². The number of hydrogen-bond acceptors (Lipinski definition) is 4. The first kappa shape index (κ1) is 24.3. The Bertz CT molecular complexity index is 1700. The molecule has 0 spiro atoms. The van der Waals surface area contributed by atoms with Gasteiger partial charge in [0, 0.05) is 46.4 Å². The van der Waals surface area contributed by atoms with Gasteiger partial charge >= 0.3 is 0 Å². The molecule has 0 amide bonds. The third-order valence-electron chi connectivity index (χ3n) is 5.63. The van der Waals surface area contributed by atoms with Crippen molar-refractivity contribution in [3.8, 4) is 11.1 Å². The Labute approximate surface area is 210 Å². The van der Waals surface area contributed by atoms with E-state index in [0.717, 1.165) is 35.5 Å². The number of fused-ring (bicyclic) bond motifs is 1. The second-order valence-electron chi connectivity index (χ2n) is 8.07. The smallest absolute Gasteiger partial charge is 0.201 e. The van der Waals surface area contributed by atoms with E-state index in [2.05, 4.69) is 19.7 Å². The highest BCUT2D eigenvalue weighted by Crippen LogP contribution is 2.30. The lowest BCUT2D eigenvalue weighted by Crippen LogP contribution is -2.13. The molecule has 1 atom stereocenters. The fourth-order valence-corrected chi connectivity index (χ4v) is 4.67. The van der Waals surface area contributed by atoms with Crippen LogP contribution in [0.15, 0.2) is 72.0 Å². The minimum atomic E-state index is -2.44. The maximum Gasteiger partial charge on any atom is 0.201 e. The molecule has 0 bridgehead atoms. The Morgan fingerprint density at radius 1 is 0.919 bits per heavy atom. The summed E-state index contributed by atoms with van der Waals surface area (Å²) in [4.78, 5) is 24.1. The van der Waals surface area contributed by atoms with Crippen LogP contribution in [0.1, 0.15) is 21.6 Å². The van der Waals surface area contributed by atoms with E-state index in [1.165, 1.54) is 6.20 Å². The normalized spacial score (nSPS) is 12.0. The van der Waals surface area contributed by atoms with Crippen molar-refractivity contribution in [3.05, 3.63) is 107 Å². The second-order valence-corrected chi connectivity index (χ2v) is 9.25. The molecule has 5 aromatic rings. The zero-order valence-corrected chi connectivity index (χ0v) is 19.8. The molecule has 0 aliphatic rings. The molecule has 5 rings (SSSR count). The summed E-state index contributed by atoms with van der Waals surface area (Å²) in [7, 11) is -2.44. The number of aryl methyl sites for hydroxylation is 1. The minimum Gasteiger partial charge on any atom is -0.345 e. The number of H-pyrrole nitrogens is 1. The molecule has 0 fully saturated rings. The molecule has 0 aliphatic heterocycles. The number of rotatable bonds is 6. The first-order valence-corrected chi connectivity index (χ1v) is 11.9. The van der Waals surface area contributed by atoms with Crippen LogP contribution in [0.4, 0.5) is 23.2 Å². The Balaban J connectivity index is 1.52. The van der Waals surface area contributed by atoms with Crippen LogP contribution in [0, 0.1) is 30.2 Å². The van der Waals surface area contributed by atoms with Crippen LogP contribution >= 0.6 is 0 Å². The quantitative estimate of drug-likeness (QED) is 0.215. The highest BCUT2D eigenvalue weighted by atomic mass is 32.2. The van der Waals surface area contributed by atoms with E-state index in [0.29, 0.717) is 22.7 Å². The molecule has 11 heteroatoms. The van der Waals surface area contributed by atoms with Crippen molar-refractivity contribution in [1.82, 2.24) is 15.0 Å². The number of anilines is 1. The monoisotopic (exact) mass is 524 g/mol. The van der Waals surface area contributed by atoms with Crippen molar-refractivity contribution in [1.29, 1.82) is 0 Å². The van der Waals surface area contributed by atoms with E-state index in [9.17, 15) is 22.2 Å². The molecule has 0 saturated carbocycles. The summed E-state index contributed by atoms with van der Waals surface area (Å²) in [6.45, 7) is 1.84. The highest BCUT2D eigenvalue weighted by molar-refractivity contribution is 7.86. The summed E-state index contributed by atoms with van der Waals surface area (Å²) < 4.78 is 72.3. The van der Waals surface area contributed by atoms with Crippen molar-refractivity contribution in [2.75, 3.05) is 4.72 Å².